The van der Waals surface area contributed by atoms with Gasteiger partial charge in [-0.25, -0.2) is 0 Å². The third kappa shape index (κ3) is 3.62. The van der Waals surface area contributed by atoms with E-state index in [1.807, 2.05) is 0 Å². The van der Waals surface area contributed by atoms with Crippen molar-refractivity contribution in [3.8, 4) is 0 Å². The Morgan fingerprint density at radius 3 is 2.68 bits per heavy atom. The van der Waals surface area contributed by atoms with Gasteiger partial charge in [-0.05, 0) is 18.2 Å². The largest absolute Gasteiger partial charge is 0.359 e. The van der Waals surface area contributed by atoms with E-state index in [0.29, 0.717) is 27.1 Å². The van der Waals surface area contributed by atoms with E-state index < -0.39 is 0 Å². The maximum atomic E-state index is 11.9. The first-order valence-corrected chi connectivity index (χ1v) is 6.63. The second kappa shape index (κ2) is 6.28. The molecule has 1 heterocycles. The van der Waals surface area contributed by atoms with Crippen molar-refractivity contribution < 1.29 is 9.32 Å². The minimum atomic E-state index is -0.276. The fourth-order valence-corrected chi connectivity index (χ4v) is 1.83. The Balaban J connectivity index is 1.99. The number of halogens is 3. The number of carbonyl (C=O) groups excluding carboxylic acids is 1. The van der Waals surface area contributed by atoms with Crippen LogP contribution >= 0.6 is 34.8 Å². The highest BCUT2D eigenvalue weighted by atomic mass is 35.5. The zero-order valence-corrected chi connectivity index (χ0v) is 11.9. The summed E-state index contributed by atoms with van der Waals surface area (Å²) in [5.41, 5.74) is 1.05. The van der Waals surface area contributed by atoms with Gasteiger partial charge in [-0.15, -0.1) is 11.6 Å². The van der Waals surface area contributed by atoms with E-state index in [9.17, 15) is 4.79 Å². The molecule has 0 saturated carbocycles. The molecule has 0 atom stereocenters. The number of nitrogens with zero attached hydrogens (tertiary/aromatic N) is 1. The summed E-state index contributed by atoms with van der Waals surface area (Å²) in [7, 11) is 0. The number of hydrogen-bond donors (Lipinski definition) is 1. The molecule has 1 aromatic heterocycles. The lowest BCUT2D eigenvalue weighted by Crippen LogP contribution is -2.22. The van der Waals surface area contributed by atoms with Crippen LogP contribution in [0.5, 0.6) is 0 Å². The summed E-state index contributed by atoms with van der Waals surface area (Å²) >= 11 is 17.2. The van der Waals surface area contributed by atoms with E-state index in [0.717, 1.165) is 0 Å². The minimum absolute atomic E-state index is 0.225. The third-order valence-electron chi connectivity index (χ3n) is 2.35. The Labute approximate surface area is 124 Å². The zero-order valence-electron chi connectivity index (χ0n) is 9.62. The first-order valence-electron chi connectivity index (χ1n) is 5.34. The lowest BCUT2D eigenvalue weighted by atomic mass is 10.2. The molecule has 0 bridgehead atoms. The number of aromatic nitrogens is 1. The number of hydrogen-bond acceptors (Lipinski definition) is 3. The standard InChI is InChI=1S/C12H9Cl3N2O2/c13-5-8-4-9(19-17-8)6-16-12(18)7-1-2-10(14)11(15)3-7/h1-4H,5-6H2,(H,16,18). The number of rotatable bonds is 4. The summed E-state index contributed by atoms with van der Waals surface area (Å²) in [6.45, 7) is 0.225. The van der Waals surface area contributed by atoms with Crippen molar-refractivity contribution in [3.05, 3.63) is 51.3 Å². The molecule has 0 aliphatic carbocycles. The second-order valence-corrected chi connectivity index (χ2v) is 4.81. The van der Waals surface area contributed by atoms with Crippen molar-refractivity contribution in [2.75, 3.05) is 0 Å². The quantitative estimate of drug-likeness (QED) is 0.875. The van der Waals surface area contributed by atoms with E-state index in [4.69, 9.17) is 39.3 Å². The van der Waals surface area contributed by atoms with Crippen LogP contribution in [-0.4, -0.2) is 11.1 Å². The van der Waals surface area contributed by atoms with Gasteiger partial charge in [-0.1, -0.05) is 28.4 Å². The van der Waals surface area contributed by atoms with Crippen LogP contribution in [0, 0.1) is 0 Å². The number of nitrogens with one attached hydrogen (secondary N) is 1. The minimum Gasteiger partial charge on any atom is -0.359 e. The van der Waals surface area contributed by atoms with E-state index in [1.54, 1.807) is 18.2 Å². The Hall–Kier alpha value is -1.23. The lowest BCUT2D eigenvalue weighted by Gasteiger charge is -2.04. The fourth-order valence-electron chi connectivity index (χ4n) is 1.41. The SMILES string of the molecule is O=C(NCc1cc(CCl)no1)c1ccc(Cl)c(Cl)c1. The molecule has 0 spiro atoms. The second-order valence-electron chi connectivity index (χ2n) is 3.73. The van der Waals surface area contributed by atoms with Crippen molar-refractivity contribution in [1.29, 1.82) is 0 Å². The molecule has 0 aliphatic rings. The van der Waals surface area contributed by atoms with Gasteiger partial charge in [0.15, 0.2) is 5.76 Å². The van der Waals surface area contributed by atoms with E-state index >= 15 is 0 Å². The van der Waals surface area contributed by atoms with Gasteiger partial charge < -0.3 is 9.84 Å². The van der Waals surface area contributed by atoms with Gasteiger partial charge in [-0.2, -0.15) is 0 Å². The molecule has 4 nitrogen and oxygen atoms in total. The molecule has 0 radical (unpaired) electrons. The Kier molecular flexibility index (Phi) is 4.69. The summed E-state index contributed by atoms with van der Waals surface area (Å²) in [4.78, 5) is 11.9. The van der Waals surface area contributed by atoms with Crippen LogP contribution in [0.1, 0.15) is 21.8 Å². The van der Waals surface area contributed by atoms with Crippen molar-refractivity contribution in [2.24, 2.45) is 0 Å². The van der Waals surface area contributed by atoms with Gasteiger partial charge in [0.1, 0.15) is 0 Å². The average Bonchev–Trinajstić information content (AvgIpc) is 2.87. The normalized spacial score (nSPS) is 10.5. The average molecular weight is 320 g/mol. The fraction of sp³-hybridized carbons (Fsp3) is 0.167. The highest BCUT2D eigenvalue weighted by molar-refractivity contribution is 6.42. The van der Waals surface area contributed by atoms with Gasteiger partial charge in [0, 0.05) is 11.6 Å². The van der Waals surface area contributed by atoms with Crippen molar-refractivity contribution in [2.45, 2.75) is 12.4 Å². The monoisotopic (exact) mass is 318 g/mol. The molecule has 100 valence electrons. The smallest absolute Gasteiger partial charge is 0.251 e. The van der Waals surface area contributed by atoms with Crippen molar-refractivity contribution in [3.63, 3.8) is 0 Å². The molecule has 1 N–H and O–H groups in total. The Morgan fingerprint density at radius 1 is 1.26 bits per heavy atom. The molecule has 1 aromatic carbocycles. The molecule has 0 unspecified atom stereocenters. The van der Waals surface area contributed by atoms with Crippen LogP contribution in [0.4, 0.5) is 0 Å². The molecule has 1 amide bonds. The number of carbonyl (C=O) groups is 1. The maximum Gasteiger partial charge on any atom is 0.251 e. The predicted molar refractivity (Wildman–Crippen MR) is 73.7 cm³/mol. The topological polar surface area (TPSA) is 55.1 Å². The third-order valence-corrected chi connectivity index (χ3v) is 3.36. The number of benzene rings is 1. The molecular weight excluding hydrogens is 311 g/mol. The molecule has 19 heavy (non-hydrogen) atoms. The molecule has 0 fully saturated rings. The van der Waals surface area contributed by atoms with Crippen LogP contribution in [-0.2, 0) is 12.4 Å². The molecule has 2 aromatic rings. The Bertz CT molecular complexity index is 598. The van der Waals surface area contributed by atoms with Crippen LogP contribution in [0.25, 0.3) is 0 Å². The van der Waals surface area contributed by atoms with Gasteiger partial charge in [0.25, 0.3) is 5.91 Å². The first kappa shape index (κ1) is 14.2. The Morgan fingerprint density at radius 2 is 2.05 bits per heavy atom. The van der Waals surface area contributed by atoms with Crippen LogP contribution in [0.15, 0.2) is 28.8 Å². The van der Waals surface area contributed by atoms with Gasteiger partial charge >= 0.3 is 0 Å². The molecule has 7 heteroatoms. The van der Waals surface area contributed by atoms with E-state index in [-0.39, 0.29) is 18.3 Å². The predicted octanol–water partition coefficient (Wildman–Crippen LogP) is 3.65. The van der Waals surface area contributed by atoms with Gasteiger partial charge in [0.2, 0.25) is 0 Å². The molecular formula is C12H9Cl3N2O2. The molecule has 2 rings (SSSR count). The van der Waals surface area contributed by atoms with Crippen molar-refractivity contribution in [1.82, 2.24) is 10.5 Å². The zero-order chi connectivity index (χ0) is 13.8. The van der Waals surface area contributed by atoms with E-state index in [1.165, 1.54) is 6.07 Å². The summed E-state index contributed by atoms with van der Waals surface area (Å²) in [6.07, 6.45) is 0. The summed E-state index contributed by atoms with van der Waals surface area (Å²) in [5, 5.41) is 7.13. The summed E-state index contributed by atoms with van der Waals surface area (Å²) < 4.78 is 4.99. The number of alkyl halides is 1. The first-order chi connectivity index (χ1) is 9.10. The highest BCUT2D eigenvalue weighted by Gasteiger charge is 2.09. The summed E-state index contributed by atoms with van der Waals surface area (Å²) in [5.74, 6) is 0.524. The van der Waals surface area contributed by atoms with Crippen LogP contribution in [0.3, 0.4) is 0 Å². The van der Waals surface area contributed by atoms with Gasteiger partial charge in [-0.3, -0.25) is 4.79 Å². The molecule has 0 saturated heterocycles. The summed E-state index contributed by atoms with van der Waals surface area (Å²) in [6, 6.07) is 6.35. The van der Waals surface area contributed by atoms with E-state index in [2.05, 4.69) is 10.5 Å². The van der Waals surface area contributed by atoms with Crippen LogP contribution < -0.4 is 5.32 Å². The van der Waals surface area contributed by atoms with Crippen molar-refractivity contribution >= 4 is 40.7 Å². The van der Waals surface area contributed by atoms with Crippen LogP contribution in [0.2, 0.25) is 10.0 Å². The maximum absolute atomic E-state index is 11.9. The lowest BCUT2D eigenvalue weighted by molar-refractivity contribution is 0.0947. The molecule has 0 aliphatic heterocycles. The van der Waals surface area contributed by atoms with Gasteiger partial charge in [0.05, 0.1) is 28.2 Å². The number of amides is 1. The highest BCUT2D eigenvalue weighted by Crippen LogP contribution is 2.22.